The van der Waals surface area contributed by atoms with Gasteiger partial charge in [0.25, 0.3) is 0 Å². The van der Waals surface area contributed by atoms with E-state index in [1.807, 2.05) is 7.05 Å². The zero-order valence-electron chi connectivity index (χ0n) is 11.1. The van der Waals surface area contributed by atoms with Gasteiger partial charge in [-0.05, 0) is 26.3 Å². The van der Waals surface area contributed by atoms with E-state index in [9.17, 15) is 13.7 Å². The zero-order chi connectivity index (χ0) is 13.2. The summed E-state index contributed by atoms with van der Waals surface area (Å²) in [5.41, 5.74) is -0.237. The quantitative estimate of drug-likeness (QED) is 0.781. The maximum absolute atomic E-state index is 11.5. The van der Waals surface area contributed by atoms with Gasteiger partial charge in [0.15, 0.2) is 9.84 Å². The van der Waals surface area contributed by atoms with Crippen LogP contribution in [-0.4, -0.2) is 44.5 Å². The predicted octanol–water partition coefficient (Wildman–Crippen LogP) is 1.58. The zero-order valence-corrected chi connectivity index (χ0v) is 11.9. The molecule has 1 aliphatic heterocycles. The molecule has 0 spiro atoms. The van der Waals surface area contributed by atoms with Gasteiger partial charge >= 0.3 is 0 Å². The third kappa shape index (κ3) is 3.04. The first-order valence-electron chi connectivity index (χ1n) is 6.78. The molecule has 0 amide bonds. The fourth-order valence-corrected chi connectivity index (χ4v) is 5.07. The lowest BCUT2D eigenvalue weighted by molar-refractivity contribution is 0.147. The van der Waals surface area contributed by atoms with Gasteiger partial charge in [-0.3, -0.25) is 0 Å². The molecule has 0 aromatic carbocycles. The third-order valence-electron chi connectivity index (χ3n) is 4.43. The molecule has 2 rings (SSSR count). The molecule has 1 saturated heterocycles. The first-order chi connectivity index (χ1) is 8.46. The smallest absolute Gasteiger partial charge is 0.151 e. The molecular weight excluding hydrogens is 248 g/mol. The molecule has 1 unspecified atom stereocenters. The van der Waals surface area contributed by atoms with Gasteiger partial charge in [-0.1, -0.05) is 19.3 Å². The van der Waals surface area contributed by atoms with Crippen LogP contribution in [0.5, 0.6) is 0 Å². The number of nitriles is 1. The Morgan fingerprint density at radius 3 is 2.50 bits per heavy atom. The molecule has 5 heteroatoms. The van der Waals surface area contributed by atoms with Crippen LogP contribution in [0.4, 0.5) is 0 Å². The van der Waals surface area contributed by atoms with Crippen molar-refractivity contribution >= 4 is 9.84 Å². The van der Waals surface area contributed by atoms with Crippen LogP contribution < -0.4 is 0 Å². The molecule has 2 aliphatic rings. The largest absolute Gasteiger partial charge is 0.301 e. The van der Waals surface area contributed by atoms with Crippen LogP contribution in [0.3, 0.4) is 0 Å². The second-order valence-electron chi connectivity index (χ2n) is 5.92. The van der Waals surface area contributed by atoms with E-state index in [0.29, 0.717) is 5.75 Å². The average molecular weight is 270 g/mol. The van der Waals surface area contributed by atoms with Crippen LogP contribution in [0, 0.1) is 16.7 Å². The molecule has 1 heterocycles. The second-order valence-corrected chi connectivity index (χ2v) is 8.15. The Hall–Kier alpha value is -0.600. The highest BCUT2D eigenvalue weighted by atomic mass is 32.2. The Balaban J connectivity index is 1.98. The Labute approximate surface area is 110 Å². The van der Waals surface area contributed by atoms with Crippen molar-refractivity contribution in [3.05, 3.63) is 0 Å². The lowest BCUT2D eigenvalue weighted by Crippen LogP contribution is -2.42. The van der Waals surface area contributed by atoms with Gasteiger partial charge in [0, 0.05) is 12.6 Å². The van der Waals surface area contributed by atoms with Crippen molar-refractivity contribution in [2.24, 2.45) is 5.41 Å². The van der Waals surface area contributed by atoms with E-state index in [2.05, 4.69) is 11.0 Å². The van der Waals surface area contributed by atoms with E-state index in [0.717, 1.165) is 38.6 Å². The molecule has 1 saturated carbocycles. The molecule has 0 radical (unpaired) electrons. The standard InChI is InChI=1S/C13H22N2O2S/c1-15(12-5-8-18(16,17)9-12)11-13(10-14)6-3-2-4-7-13/h12H,2-9,11H2,1H3. The van der Waals surface area contributed by atoms with Gasteiger partial charge in [-0.15, -0.1) is 0 Å². The normalized spacial score (nSPS) is 30.2. The highest BCUT2D eigenvalue weighted by Gasteiger charge is 2.37. The van der Waals surface area contributed by atoms with Crippen molar-refractivity contribution in [2.45, 2.75) is 44.6 Å². The van der Waals surface area contributed by atoms with Crippen molar-refractivity contribution in [3.8, 4) is 6.07 Å². The van der Waals surface area contributed by atoms with E-state index in [4.69, 9.17) is 0 Å². The Morgan fingerprint density at radius 1 is 1.33 bits per heavy atom. The summed E-state index contributed by atoms with van der Waals surface area (Å²) in [7, 11) is -0.861. The Bertz CT molecular complexity index is 432. The highest BCUT2D eigenvalue weighted by Crippen LogP contribution is 2.37. The minimum absolute atomic E-state index is 0.113. The Morgan fingerprint density at radius 2 is 2.00 bits per heavy atom. The van der Waals surface area contributed by atoms with Crippen molar-refractivity contribution < 1.29 is 8.42 Å². The summed E-state index contributed by atoms with van der Waals surface area (Å²) in [5.74, 6) is 0.576. The summed E-state index contributed by atoms with van der Waals surface area (Å²) in [4.78, 5) is 2.11. The fraction of sp³-hybridized carbons (Fsp3) is 0.923. The molecule has 18 heavy (non-hydrogen) atoms. The maximum Gasteiger partial charge on any atom is 0.151 e. The van der Waals surface area contributed by atoms with E-state index in [1.54, 1.807) is 0 Å². The predicted molar refractivity (Wildman–Crippen MR) is 70.8 cm³/mol. The summed E-state index contributed by atoms with van der Waals surface area (Å²) >= 11 is 0. The lowest BCUT2D eigenvalue weighted by Gasteiger charge is -2.36. The molecule has 0 N–H and O–H groups in total. The van der Waals surface area contributed by atoms with E-state index in [-0.39, 0.29) is 17.2 Å². The second kappa shape index (κ2) is 5.18. The van der Waals surface area contributed by atoms with E-state index < -0.39 is 9.84 Å². The molecule has 0 bridgehead atoms. The fourth-order valence-electron chi connectivity index (χ4n) is 3.26. The number of hydrogen-bond donors (Lipinski definition) is 0. The monoisotopic (exact) mass is 270 g/mol. The summed E-state index contributed by atoms with van der Waals surface area (Å²) in [6.45, 7) is 0.726. The van der Waals surface area contributed by atoms with Gasteiger partial charge < -0.3 is 4.90 Å². The van der Waals surface area contributed by atoms with Gasteiger partial charge in [0.1, 0.15) is 0 Å². The highest BCUT2D eigenvalue weighted by molar-refractivity contribution is 7.91. The molecule has 1 aliphatic carbocycles. The summed E-state index contributed by atoms with van der Waals surface area (Å²) < 4.78 is 23.0. The molecule has 4 nitrogen and oxygen atoms in total. The lowest BCUT2D eigenvalue weighted by atomic mass is 9.75. The molecular formula is C13H22N2O2S. The van der Waals surface area contributed by atoms with Crippen LogP contribution >= 0.6 is 0 Å². The SMILES string of the molecule is CN(CC1(C#N)CCCCC1)C1CCS(=O)(=O)C1. The average Bonchev–Trinajstić information content (AvgIpc) is 2.71. The van der Waals surface area contributed by atoms with Crippen molar-refractivity contribution in [3.63, 3.8) is 0 Å². The van der Waals surface area contributed by atoms with Gasteiger partial charge in [0.2, 0.25) is 0 Å². The molecule has 2 fully saturated rings. The van der Waals surface area contributed by atoms with Gasteiger partial charge in [-0.2, -0.15) is 5.26 Å². The third-order valence-corrected chi connectivity index (χ3v) is 6.18. The van der Waals surface area contributed by atoms with Gasteiger partial charge in [0.05, 0.1) is 23.0 Å². The van der Waals surface area contributed by atoms with E-state index in [1.165, 1.54) is 6.42 Å². The first kappa shape index (κ1) is 13.8. The topological polar surface area (TPSA) is 61.2 Å². The molecule has 0 aromatic heterocycles. The summed E-state index contributed by atoms with van der Waals surface area (Å²) in [5, 5.41) is 9.44. The molecule has 0 aromatic rings. The summed E-state index contributed by atoms with van der Waals surface area (Å²) in [6, 6.07) is 2.61. The maximum atomic E-state index is 11.5. The van der Waals surface area contributed by atoms with Crippen molar-refractivity contribution in [1.29, 1.82) is 5.26 Å². The minimum Gasteiger partial charge on any atom is -0.301 e. The Kier molecular flexibility index (Phi) is 3.98. The van der Waals surface area contributed by atoms with Crippen LogP contribution in [0.25, 0.3) is 0 Å². The van der Waals surface area contributed by atoms with Crippen LogP contribution in [0.1, 0.15) is 38.5 Å². The number of rotatable bonds is 3. The van der Waals surface area contributed by atoms with Crippen molar-refractivity contribution in [2.75, 3.05) is 25.1 Å². The van der Waals surface area contributed by atoms with E-state index >= 15 is 0 Å². The number of hydrogen-bond acceptors (Lipinski definition) is 4. The molecule has 102 valence electrons. The van der Waals surface area contributed by atoms with Crippen LogP contribution in [-0.2, 0) is 9.84 Å². The minimum atomic E-state index is -2.83. The van der Waals surface area contributed by atoms with Crippen LogP contribution in [0.15, 0.2) is 0 Å². The van der Waals surface area contributed by atoms with Crippen molar-refractivity contribution in [1.82, 2.24) is 4.90 Å². The van der Waals surface area contributed by atoms with Crippen LogP contribution in [0.2, 0.25) is 0 Å². The number of nitrogens with zero attached hydrogens (tertiary/aromatic N) is 2. The summed E-state index contributed by atoms with van der Waals surface area (Å²) in [6.07, 6.45) is 6.14. The first-order valence-corrected chi connectivity index (χ1v) is 8.60. The van der Waals surface area contributed by atoms with Gasteiger partial charge in [-0.25, -0.2) is 8.42 Å². The molecule has 1 atom stereocenters. The number of sulfone groups is 1.